The molecule has 4 aliphatic rings. The van der Waals surface area contributed by atoms with Gasteiger partial charge in [0.25, 0.3) is 5.89 Å². The maximum absolute atomic E-state index is 13.0. The Balaban J connectivity index is 1.25. The minimum atomic E-state index is -0.318. The van der Waals surface area contributed by atoms with E-state index in [1.54, 1.807) is 12.1 Å². The van der Waals surface area contributed by atoms with E-state index in [0.29, 0.717) is 29.1 Å². The van der Waals surface area contributed by atoms with Crippen molar-refractivity contribution in [2.75, 3.05) is 0 Å². The number of rotatable bonds is 4. The van der Waals surface area contributed by atoms with Gasteiger partial charge in [-0.1, -0.05) is 5.16 Å². The number of carbonyl (C=O) groups excluding carboxylic acids is 1. The van der Waals surface area contributed by atoms with Crippen LogP contribution in [0, 0.1) is 29.0 Å². The first-order chi connectivity index (χ1) is 12.6. The number of halogens is 1. The van der Waals surface area contributed by atoms with Crippen molar-refractivity contribution < 1.29 is 18.4 Å². The van der Waals surface area contributed by atoms with E-state index in [1.807, 2.05) is 0 Å². The summed E-state index contributed by atoms with van der Waals surface area (Å²) in [4.78, 5) is 17.1. The number of hydrogen-bond acceptors (Lipinski definition) is 5. The summed E-state index contributed by atoms with van der Waals surface area (Å²) in [6.07, 6.45) is 6.79. The first-order valence-corrected chi connectivity index (χ1v) is 9.35. The van der Waals surface area contributed by atoms with Gasteiger partial charge < -0.3 is 9.26 Å². The van der Waals surface area contributed by atoms with Gasteiger partial charge in [-0.05, 0) is 80.5 Å². The quantitative estimate of drug-likeness (QED) is 0.771. The fraction of sp³-hybridized carbons (Fsp3) is 0.550. The van der Waals surface area contributed by atoms with Crippen LogP contribution in [0.2, 0.25) is 0 Å². The third-order valence-electron chi connectivity index (χ3n) is 6.37. The fourth-order valence-electron chi connectivity index (χ4n) is 5.67. The van der Waals surface area contributed by atoms with Gasteiger partial charge in [0.05, 0.1) is 5.41 Å². The molecule has 0 amide bonds. The normalized spacial score (nSPS) is 32.0. The van der Waals surface area contributed by atoms with Crippen molar-refractivity contribution in [3.8, 4) is 11.4 Å². The zero-order valence-corrected chi connectivity index (χ0v) is 14.5. The number of carbonyl (C=O) groups is 1. The molecule has 4 bridgehead atoms. The molecule has 1 aromatic heterocycles. The van der Waals surface area contributed by atoms with E-state index in [1.165, 1.54) is 31.4 Å². The predicted octanol–water partition coefficient (Wildman–Crippen LogP) is 4.14. The lowest BCUT2D eigenvalue weighted by molar-refractivity contribution is -0.173. The van der Waals surface area contributed by atoms with E-state index in [-0.39, 0.29) is 29.7 Å². The Labute approximate surface area is 150 Å². The number of esters is 1. The molecule has 0 N–H and O–H groups in total. The van der Waals surface area contributed by atoms with Gasteiger partial charge in [0, 0.05) is 5.56 Å². The van der Waals surface area contributed by atoms with E-state index in [0.717, 1.165) is 19.3 Å². The number of ether oxygens (including phenoxy) is 1. The van der Waals surface area contributed by atoms with Crippen molar-refractivity contribution in [2.24, 2.45) is 23.2 Å². The van der Waals surface area contributed by atoms with E-state index in [4.69, 9.17) is 9.26 Å². The van der Waals surface area contributed by atoms with Crippen LogP contribution in [0.4, 0.5) is 4.39 Å². The fourth-order valence-corrected chi connectivity index (χ4v) is 5.67. The topological polar surface area (TPSA) is 65.2 Å². The second-order valence-electron chi connectivity index (χ2n) is 8.29. The summed E-state index contributed by atoms with van der Waals surface area (Å²) in [7, 11) is 0. The lowest BCUT2D eigenvalue weighted by atomic mass is 9.49. The number of nitrogens with zero attached hydrogens (tertiary/aromatic N) is 2. The number of aromatic nitrogens is 2. The van der Waals surface area contributed by atoms with Crippen LogP contribution in [0.25, 0.3) is 11.4 Å². The summed E-state index contributed by atoms with van der Waals surface area (Å²) < 4.78 is 23.8. The Morgan fingerprint density at radius 3 is 2.35 bits per heavy atom. The van der Waals surface area contributed by atoms with Gasteiger partial charge in [0.15, 0.2) is 6.61 Å². The lowest BCUT2D eigenvalue weighted by Crippen LogP contribution is -2.50. The molecule has 4 fully saturated rings. The van der Waals surface area contributed by atoms with Gasteiger partial charge in [-0.25, -0.2) is 4.39 Å². The van der Waals surface area contributed by atoms with Gasteiger partial charge in [0.1, 0.15) is 5.82 Å². The third-order valence-corrected chi connectivity index (χ3v) is 6.37. The Bertz CT molecular complexity index is 795. The second kappa shape index (κ2) is 5.89. The van der Waals surface area contributed by atoms with Crippen molar-refractivity contribution in [2.45, 2.75) is 45.1 Å². The first-order valence-electron chi connectivity index (χ1n) is 9.35. The van der Waals surface area contributed by atoms with Crippen LogP contribution in [-0.2, 0) is 16.1 Å². The van der Waals surface area contributed by atoms with Crippen LogP contribution in [0.15, 0.2) is 28.8 Å². The number of benzene rings is 1. The molecule has 1 heterocycles. The zero-order valence-electron chi connectivity index (χ0n) is 14.5. The van der Waals surface area contributed by atoms with Crippen LogP contribution in [0.5, 0.6) is 0 Å². The minimum Gasteiger partial charge on any atom is -0.455 e. The van der Waals surface area contributed by atoms with Crippen LogP contribution >= 0.6 is 0 Å². The smallest absolute Gasteiger partial charge is 0.312 e. The molecule has 26 heavy (non-hydrogen) atoms. The average Bonchev–Trinajstić information content (AvgIpc) is 3.08. The summed E-state index contributed by atoms with van der Waals surface area (Å²) in [6.45, 7) is -0.00518. The van der Waals surface area contributed by atoms with Crippen molar-refractivity contribution in [1.29, 1.82) is 0 Å². The van der Waals surface area contributed by atoms with Crippen molar-refractivity contribution in [3.63, 3.8) is 0 Å². The molecule has 0 saturated heterocycles. The molecule has 2 aromatic rings. The SMILES string of the molecule is O=C(OCc1nc(-c2ccc(F)cc2)no1)C12CC3CC(CC(C3)C1)C2. The average molecular weight is 356 g/mol. The predicted molar refractivity (Wildman–Crippen MR) is 90.1 cm³/mol. The standard InChI is InChI=1S/C20H21FN2O3/c21-16-3-1-15(2-4-16)18-22-17(26-23-18)11-25-19(24)20-8-12-5-13(9-20)7-14(6-12)10-20/h1-4,12-14H,5-11H2. The molecule has 1 aromatic carbocycles. The first kappa shape index (κ1) is 16.0. The van der Waals surface area contributed by atoms with Crippen LogP contribution < -0.4 is 0 Å². The monoisotopic (exact) mass is 356 g/mol. The molecule has 6 rings (SSSR count). The molecule has 4 saturated carbocycles. The maximum atomic E-state index is 13.0. The largest absolute Gasteiger partial charge is 0.455 e. The van der Waals surface area contributed by atoms with Crippen molar-refractivity contribution in [1.82, 2.24) is 10.1 Å². The highest BCUT2D eigenvalue weighted by Gasteiger charge is 2.55. The molecule has 136 valence electrons. The van der Waals surface area contributed by atoms with Gasteiger partial charge >= 0.3 is 5.97 Å². The van der Waals surface area contributed by atoms with Crippen LogP contribution in [-0.4, -0.2) is 16.1 Å². The summed E-state index contributed by atoms with van der Waals surface area (Å²) in [5, 5.41) is 3.89. The highest BCUT2D eigenvalue weighted by molar-refractivity contribution is 5.77. The van der Waals surface area contributed by atoms with Crippen molar-refractivity contribution in [3.05, 3.63) is 36.0 Å². The Morgan fingerprint density at radius 2 is 1.73 bits per heavy atom. The van der Waals surface area contributed by atoms with E-state index < -0.39 is 0 Å². The minimum absolute atomic E-state index is 0.00518. The van der Waals surface area contributed by atoms with Gasteiger partial charge in [-0.2, -0.15) is 4.98 Å². The maximum Gasteiger partial charge on any atom is 0.312 e. The summed E-state index contributed by atoms with van der Waals surface area (Å²) in [5.74, 6) is 2.31. The molecule has 0 aliphatic heterocycles. The van der Waals surface area contributed by atoms with Gasteiger partial charge in [-0.3, -0.25) is 4.79 Å². The Morgan fingerprint density at radius 1 is 1.12 bits per heavy atom. The number of hydrogen-bond donors (Lipinski definition) is 0. The van der Waals surface area contributed by atoms with Crippen molar-refractivity contribution >= 4 is 5.97 Å². The molecule has 6 heteroatoms. The molecular weight excluding hydrogens is 335 g/mol. The zero-order chi connectivity index (χ0) is 17.7. The molecule has 0 radical (unpaired) electrons. The molecule has 0 unspecified atom stereocenters. The lowest BCUT2D eigenvalue weighted by Gasteiger charge is -2.55. The molecule has 0 atom stereocenters. The summed E-state index contributed by atoms with van der Waals surface area (Å²) >= 11 is 0. The van der Waals surface area contributed by atoms with Gasteiger partial charge in [0.2, 0.25) is 5.82 Å². The van der Waals surface area contributed by atoms with E-state index in [2.05, 4.69) is 10.1 Å². The Hall–Kier alpha value is -2.24. The van der Waals surface area contributed by atoms with E-state index in [9.17, 15) is 9.18 Å². The Kier molecular flexibility index (Phi) is 3.62. The van der Waals surface area contributed by atoms with Crippen LogP contribution in [0.1, 0.15) is 44.4 Å². The summed E-state index contributed by atoms with van der Waals surface area (Å²) in [6, 6.07) is 5.87. The highest BCUT2D eigenvalue weighted by Crippen LogP contribution is 2.60. The molecular formula is C20H21FN2O3. The highest BCUT2D eigenvalue weighted by atomic mass is 19.1. The van der Waals surface area contributed by atoms with Crippen LogP contribution in [0.3, 0.4) is 0 Å². The molecule has 4 aliphatic carbocycles. The second-order valence-corrected chi connectivity index (χ2v) is 8.29. The molecule has 0 spiro atoms. The summed E-state index contributed by atoms with van der Waals surface area (Å²) in [5.41, 5.74) is 0.378. The third kappa shape index (κ3) is 2.72. The van der Waals surface area contributed by atoms with Gasteiger partial charge in [-0.15, -0.1) is 0 Å². The van der Waals surface area contributed by atoms with E-state index >= 15 is 0 Å². The molecule has 5 nitrogen and oxygen atoms in total.